The summed E-state index contributed by atoms with van der Waals surface area (Å²) in [5.74, 6) is -0.254. The molecule has 2 saturated heterocycles. The van der Waals surface area contributed by atoms with E-state index in [0.29, 0.717) is 45.2 Å². The lowest BCUT2D eigenvalue weighted by molar-refractivity contribution is -0.145. The summed E-state index contributed by atoms with van der Waals surface area (Å²) in [7, 11) is 0. The van der Waals surface area contributed by atoms with E-state index >= 15 is 0 Å². The number of ether oxygens (including phenoxy) is 2. The molecule has 7 heteroatoms. The van der Waals surface area contributed by atoms with Crippen LogP contribution in [-0.4, -0.2) is 78.5 Å². The maximum atomic E-state index is 12.7. The van der Waals surface area contributed by atoms with Crippen LogP contribution in [0.1, 0.15) is 40.0 Å². The van der Waals surface area contributed by atoms with Crippen LogP contribution >= 0.6 is 0 Å². The highest BCUT2D eigenvalue weighted by atomic mass is 16.6. The van der Waals surface area contributed by atoms with Crippen molar-refractivity contribution in [1.29, 1.82) is 0 Å². The van der Waals surface area contributed by atoms with Crippen LogP contribution in [0.3, 0.4) is 0 Å². The Hall–Kier alpha value is -1.60. The van der Waals surface area contributed by atoms with Crippen LogP contribution in [0.5, 0.6) is 0 Å². The van der Waals surface area contributed by atoms with E-state index in [1.54, 1.807) is 11.8 Å². The molecule has 1 amide bonds. The molecule has 0 bridgehead atoms. The van der Waals surface area contributed by atoms with Crippen molar-refractivity contribution in [3.8, 4) is 0 Å². The fraction of sp³-hybridized carbons (Fsp3) is 0.818. The lowest BCUT2D eigenvalue weighted by atomic mass is 9.55. The minimum absolute atomic E-state index is 0.159. The van der Waals surface area contributed by atoms with Gasteiger partial charge in [0.25, 0.3) is 0 Å². The molecule has 2 aliphatic carbocycles. The molecule has 0 radical (unpaired) electrons. The van der Waals surface area contributed by atoms with Gasteiger partial charge in [0.1, 0.15) is 6.10 Å². The Labute approximate surface area is 173 Å². The van der Waals surface area contributed by atoms with Gasteiger partial charge in [0, 0.05) is 50.5 Å². The van der Waals surface area contributed by atoms with E-state index in [0.717, 1.165) is 19.3 Å². The van der Waals surface area contributed by atoms with E-state index in [1.165, 1.54) is 5.57 Å². The quantitative estimate of drug-likeness (QED) is 0.571. The summed E-state index contributed by atoms with van der Waals surface area (Å²) in [5.41, 5.74) is 0.996. The van der Waals surface area contributed by atoms with Gasteiger partial charge in [-0.25, -0.2) is 4.79 Å². The fourth-order valence-electron chi connectivity index (χ4n) is 5.88. The summed E-state index contributed by atoms with van der Waals surface area (Å²) < 4.78 is 10.8. The molecule has 29 heavy (non-hydrogen) atoms. The molecule has 6 unspecified atom stereocenters. The monoisotopic (exact) mass is 406 g/mol. The van der Waals surface area contributed by atoms with Crippen LogP contribution in [0.25, 0.3) is 0 Å². The van der Waals surface area contributed by atoms with E-state index < -0.39 is 6.10 Å². The zero-order chi connectivity index (χ0) is 20.8. The van der Waals surface area contributed by atoms with Crippen molar-refractivity contribution in [2.24, 2.45) is 23.2 Å². The molecule has 0 spiro atoms. The minimum Gasteiger partial charge on any atom is -0.461 e. The number of fused-ring (bicyclic) bond motifs is 2. The van der Waals surface area contributed by atoms with Crippen molar-refractivity contribution in [2.75, 3.05) is 39.3 Å². The minimum atomic E-state index is -0.569. The number of carbonyl (C=O) groups excluding carboxylic acids is 2. The van der Waals surface area contributed by atoms with Gasteiger partial charge < -0.3 is 19.5 Å². The Morgan fingerprint density at radius 3 is 2.76 bits per heavy atom. The van der Waals surface area contributed by atoms with Gasteiger partial charge in [0.05, 0.1) is 18.6 Å². The smallest absolute Gasteiger partial charge is 0.409 e. The summed E-state index contributed by atoms with van der Waals surface area (Å²) in [6.45, 7) is 9.75. The molecule has 4 rings (SSSR count). The topological polar surface area (TPSA) is 79.3 Å². The van der Waals surface area contributed by atoms with E-state index in [1.807, 2.05) is 0 Å². The second kappa shape index (κ2) is 7.91. The van der Waals surface area contributed by atoms with E-state index in [9.17, 15) is 14.7 Å². The summed E-state index contributed by atoms with van der Waals surface area (Å²) in [4.78, 5) is 28.6. The fourth-order valence-corrected chi connectivity index (χ4v) is 5.88. The second-order valence-electron chi connectivity index (χ2n) is 9.29. The largest absolute Gasteiger partial charge is 0.461 e. The molecular formula is C22H34N2O5. The van der Waals surface area contributed by atoms with Gasteiger partial charge in [-0.3, -0.25) is 9.69 Å². The van der Waals surface area contributed by atoms with Crippen LogP contribution in [0, 0.1) is 23.2 Å². The Balaban J connectivity index is 1.44. The number of aliphatic hydroxyl groups is 1. The summed E-state index contributed by atoms with van der Waals surface area (Å²) in [5, 5.41) is 11.4. The zero-order valence-electron chi connectivity index (χ0n) is 17.8. The van der Waals surface area contributed by atoms with Crippen LogP contribution < -0.4 is 0 Å². The third kappa shape index (κ3) is 3.46. The molecule has 162 valence electrons. The van der Waals surface area contributed by atoms with E-state index in [2.05, 4.69) is 24.8 Å². The average molecular weight is 407 g/mol. The SMILES string of the molecule is CCOC(=O)N1CCN(CC2C(=O)OC3CC4=CCCC(C)C4(C)C(O)C32)CC1. The first-order valence-corrected chi connectivity index (χ1v) is 11.1. The number of rotatable bonds is 3. The van der Waals surface area contributed by atoms with E-state index in [-0.39, 0.29) is 35.4 Å². The Morgan fingerprint density at radius 2 is 2.07 bits per heavy atom. The third-order valence-electron chi connectivity index (χ3n) is 7.92. The van der Waals surface area contributed by atoms with Gasteiger partial charge in [-0.05, 0) is 25.7 Å². The van der Waals surface area contributed by atoms with Crippen molar-refractivity contribution in [1.82, 2.24) is 9.80 Å². The lowest BCUT2D eigenvalue weighted by Gasteiger charge is -2.52. The van der Waals surface area contributed by atoms with E-state index in [4.69, 9.17) is 9.47 Å². The van der Waals surface area contributed by atoms with Crippen LogP contribution in [0.4, 0.5) is 4.79 Å². The van der Waals surface area contributed by atoms with Crippen molar-refractivity contribution in [3.63, 3.8) is 0 Å². The normalized spacial score (nSPS) is 40.0. The summed E-state index contributed by atoms with van der Waals surface area (Å²) in [6.07, 6.45) is 4.07. The van der Waals surface area contributed by atoms with Gasteiger partial charge in [0.2, 0.25) is 0 Å². The van der Waals surface area contributed by atoms with Crippen LogP contribution in [0.2, 0.25) is 0 Å². The number of hydrogen-bond acceptors (Lipinski definition) is 6. The molecule has 2 aliphatic heterocycles. The highest BCUT2D eigenvalue weighted by Gasteiger charge is 2.59. The van der Waals surface area contributed by atoms with Gasteiger partial charge >= 0.3 is 12.1 Å². The number of allylic oxidation sites excluding steroid dienone is 1. The van der Waals surface area contributed by atoms with Crippen LogP contribution in [-0.2, 0) is 14.3 Å². The molecule has 2 heterocycles. The van der Waals surface area contributed by atoms with Crippen molar-refractivity contribution < 1.29 is 24.2 Å². The third-order valence-corrected chi connectivity index (χ3v) is 7.92. The Bertz CT molecular complexity index is 687. The number of esters is 1. The number of piperazine rings is 1. The van der Waals surface area contributed by atoms with Crippen molar-refractivity contribution >= 4 is 12.1 Å². The highest BCUT2D eigenvalue weighted by Crippen LogP contribution is 2.56. The van der Waals surface area contributed by atoms with Crippen molar-refractivity contribution in [2.45, 2.75) is 52.2 Å². The number of nitrogens with zero attached hydrogens (tertiary/aromatic N) is 2. The molecule has 0 aromatic carbocycles. The first-order chi connectivity index (χ1) is 13.9. The molecule has 0 aromatic rings. The predicted octanol–water partition coefficient (Wildman–Crippen LogP) is 2.05. The molecule has 1 saturated carbocycles. The number of carbonyl (C=O) groups is 2. The van der Waals surface area contributed by atoms with Crippen molar-refractivity contribution in [3.05, 3.63) is 11.6 Å². The van der Waals surface area contributed by atoms with Gasteiger partial charge in [-0.2, -0.15) is 0 Å². The molecule has 3 fully saturated rings. The molecule has 1 N–H and O–H groups in total. The predicted molar refractivity (Wildman–Crippen MR) is 107 cm³/mol. The molecule has 0 aromatic heterocycles. The van der Waals surface area contributed by atoms with Gasteiger partial charge in [0.15, 0.2) is 0 Å². The van der Waals surface area contributed by atoms with Gasteiger partial charge in [-0.1, -0.05) is 25.5 Å². The number of aliphatic hydroxyl groups excluding tert-OH is 1. The number of amides is 1. The van der Waals surface area contributed by atoms with Gasteiger partial charge in [-0.15, -0.1) is 0 Å². The van der Waals surface area contributed by atoms with Crippen LogP contribution in [0.15, 0.2) is 11.6 Å². The summed E-state index contributed by atoms with van der Waals surface area (Å²) in [6, 6.07) is 0. The zero-order valence-corrected chi connectivity index (χ0v) is 17.8. The first kappa shape index (κ1) is 20.7. The molecule has 7 nitrogen and oxygen atoms in total. The molecular weight excluding hydrogens is 372 g/mol. The highest BCUT2D eigenvalue weighted by molar-refractivity contribution is 5.76. The number of hydrogen-bond donors (Lipinski definition) is 1. The molecule has 4 aliphatic rings. The lowest BCUT2D eigenvalue weighted by Crippen LogP contribution is -2.56. The Morgan fingerprint density at radius 1 is 1.34 bits per heavy atom. The maximum Gasteiger partial charge on any atom is 0.409 e. The Kier molecular flexibility index (Phi) is 5.64. The standard InChI is InChI=1S/C22H34N2O5/c1-4-28-21(27)24-10-8-23(9-11-24)13-16-18-17(29-20(16)26)12-15-7-5-6-14(2)22(15,3)19(18)25/h7,14,16-19,25H,4-6,8-13H2,1-3H3. The maximum absolute atomic E-state index is 12.7. The second-order valence-corrected chi connectivity index (χ2v) is 9.29. The molecule has 6 atom stereocenters. The average Bonchev–Trinajstić information content (AvgIpc) is 3.00. The summed E-state index contributed by atoms with van der Waals surface area (Å²) >= 11 is 0. The first-order valence-electron chi connectivity index (χ1n) is 11.1.